The van der Waals surface area contributed by atoms with Crippen molar-refractivity contribution in [1.29, 1.82) is 0 Å². The van der Waals surface area contributed by atoms with E-state index in [1.165, 1.54) is 6.07 Å². The molecule has 0 amide bonds. The van der Waals surface area contributed by atoms with Gasteiger partial charge in [0.1, 0.15) is 5.82 Å². The van der Waals surface area contributed by atoms with E-state index in [-0.39, 0.29) is 11.3 Å². The number of hydrogen-bond donors (Lipinski definition) is 0. The van der Waals surface area contributed by atoms with Crippen LogP contribution < -0.4 is 0 Å². The lowest BCUT2D eigenvalue weighted by Crippen LogP contribution is -2.06. The minimum atomic E-state index is -0.426. The van der Waals surface area contributed by atoms with Crippen LogP contribution in [0.2, 0.25) is 0 Å². The fourth-order valence-electron chi connectivity index (χ4n) is 2.01. The van der Waals surface area contributed by atoms with Crippen molar-refractivity contribution in [2.45, 2.75) is 10.6 Å². The number of fused-ring (bicyclic) bond motifs is 2. The van der Waals surface area contributed by atoms with Crippen LogP contribution in [0, 0.1) is 5.82 Å². The third-order valence-electron chi connectivity index (χ3n) is 2.84. The minimum Gasteiger partial charge on any atom is -0.288 e. The summed E-state index contributed by atoms with van der Waals surface area (Å²) in [6.45, 7) is 0. The van der Waals surface area contributed by atoms with E-state index in [0.717, 1.165) is 10.5 Å². The van der Waals surface area contributed by atoms with Crippen LogP contribution in [0.5, 0.6) is 0 Å². The van der Waals surface area contributed by atoms with Crippen molar-refractivity contribution in [3.63, 3.8) is 0 Å². The molecule has 0 N–H and O–H groups in total. The van der Waals surface area contributed by atoms with E-state index in [9.17, 15) is 9.18 Å². The maximum Gasteiger partial charge on any atom is 0.197 e. The van der Waals surface area contributed by atoms with Gasteiger partial charge in [-0.15, -0.1) is 11.8 Å². The maximum absolute atomic E-state index is 13.8. The summed E-state index contributed by atoms with van der Waals surface area (Å²) in [6.07, 6.45) is 0. The molecule has 0 aliphatic carbocycles. The molecule has 0 radical (unpaired) electrons. The second-order valence-electron chi connectivity index (χ2n) is 3.89. The average Bonchev–Trinajstić information content (AvgIpc) is 2.49. The van der Waals surface area contributed by atoms with Crippen LogP contribution in [0.3, 0.4) is 0 Å². The molecule has 0 spiro atoms. The number of thioether (sulfide) groups is 1. The van der Waals surface area contributed by atoms with Gasteiger partial charge in [-0.25, -0.2) is 4.39 Å². The zero-order chi connectivity index (χ0) is 11.8. The Morgan fingerprint density at radius 1 is 1.06 bits per heavy atom. The smallest absolute Gasteiger partial charge is 0.197 e. The third-order valence-corrected chi connectivity index (χ3v) is 3.96. The minimum absolute atomic E-state index is 0.210. The van der Waals surface area contributed by atoms with Gasteiger partial charge >= 0.3 is 0 Å². The van der Waals surface area contributed by atoms with Gasteiger partial charge in [0.2, 0.25) is 0 Å². The van der Waals surface area contributed by atoms with E-state index in [0.29, 0.717) is 11.3 Å². The Kier molecular flexibility index (Phi) is 2.48. The van der Waals surface area contributed by atoms with Crippen molar-refractivity contribution >= 4 is 17.5 Å². The molecule has 3 heteroatoms. The second-order valence-corrected chi connectivity index (χ2v) is 4.91. The van der Waals surface area contributed by atoms with Crippen molar-refractivity contribution in [3.8, 4) is 0 Å². The van der Waals surface area contributed by atoms with Crippen molar-refractivity contribution in [1.82, 2.24) is 0 Å². The zero-order valence-corrected chi connectivity index (χ0v) is 9.76. The first-order valence-corrected chi connectivity index (χ1v) is 6.30. The number of carbonyl (C=O) groups is 1. The van der Waals surface area contributed by atoms with Crippen molar-refractivity contribution in [2.75, 3.05) is 0 Å². The number of rotatable bonds is 0. The summed E-state index contributed by atoms with van der Waals surface area (Å²) in [5, 5.41) is 0. The van der Waals surface area contributed by atoms with Crippen LogP contribution in [0.1, 0.15) is 21.5 Å². The van der Waals surface area contributed by atoms with Gasteiger partial charge in [-0.2, -0.15) is 0 Å². The highest BCUT2D eigenvalue weighted by Crippen LogP contribution is 2.34. The highest BCUT2D eigenvalue weighted by atomic mass is 32.2. The Morgan fingerprint density at radius 3 is 2.76 bits per heavy atom. The molecule has 0 saturated carbocycles. The quantitative estimate of drug-likeness (QED) is 0.703. The number of ketones is 1. The Hall–Kier alpha value is -1.61. The summed E-state index contributed by atoms with van der Waals surface area (Å²) in [7, 11) is 0. The van der Waals surface area contributed by atoms with Gasteiger partial charge in [-0.3, -0.25) is 4.79 Å². The van der Waals surface area contributed by atoms with Crippen LogP contribution >= 0.6 is 11.8 Å². The SMILES string of the molecule is O=C1c2ccccc2SCc2cccc(F)c21. The van der Waals surface area contributed by atoms with Crippen LogP contribution in [0.4, 0.5) is 4.39 Å². The van der Waals surface area contributed by atoms with Crippen molar-refractivity contribution in [3.05, 3.63) is 65.0 Å². The zero-order valence-electron chi connectivity index (χ0n) is 8.94. The molecular formula is C14H9FOS. The molecule has 1 aliphatic heterocycles. The lowest BCUT2D eigenvalue weighted by atomic mass is 9.99. The predicted molar refractivity (Wildman–Crippen MR) is 65.8 cm³/mol. The number of carbonyl (C=O) groups excluding carboxylic acids is 1. The van der Waals surface area contributed by atoms with Gasteiger partial charge in [0, 0.05) is 16.2 Å². The molecule has 0 saturated heterocycles. The Labute approximate surface area is 103 Å². The van der Waals surface area contributed by atoms with Gasteiger partial charge in [0.05, 0.1) is 5.56 Å². The molecule has 1 aliphatic rings. The van der Waals surface area contributed by atoms with Crippen LogP contribution in [0.25, 0.3) is 0 Å². The molecule has 1 nitrogen and oxygen atoms in total. The second kappa shape index (κ2) is 4.00. The molecule has 84 valence electrons. The molecule has 0 unspecified atom stereocenters. The number of halogens is 1. The summed E-state index contributed by atoms with van der Waals surface area (Å²) in [6, 6.07) is 12.2. The van der Waals surface area contributed by atoms with Gasteiger partial charge in [0.25, 0.3) is 0 Å². The largest absolute Gasteiger partial charge is 0.288 e. The van der Waals surface area contributed by atoms with Gasteiger partial charge in [0.15, 0.2) is 5.78 Å². The van der Waals surface area contributed by atoms with E-state index in [1.54, 1.807) is 23.9 Å². The van der Waals surface area contributed by atoms with E-state index in [4.69, 9.17) is 0 Å². The first kappa shape index (κ1) is 10.5. The fraction of sp³-hybridized carbons (Fsp3) is 0.0714. The van der Waals surface area contributed by atoms with E-state index in [1.807, 2.05) is 24.3 Å². The number of hydrogen-bond acceptors (Lipinski definition) is 2. The average molecular weight is 244 g/mol. The summed E-state index contributed by atoms with van der Waals surface area (Å²) >= 11 is 1.58. The molecule has 0 fully saturated rings. The Balaban J connectivity index is 2.26. The highest BCUT2D eigenvalue weighted by Gasteiger charge is 2.23. The van der Waals surface area contributed by atoms with Gasteiger partial charge in [-0.05, 0) is 23.8 Å². The lowest BCUT2D eigenvalue weighted by Gasteiger charge is -2.05. The maximum atomic E-state index is 13.8. The summed E-state index contributed by atoms with van der Waals surface area (Å²) < 4.78 is 13.8. The van der Waals surface area contributed by atoms with E-state index in [2.05, 4.69) is 0 Å². The normalized spacial score (nSPS) is 13.8. The molecular weight excluding hydrogens is 235 g/mol. The lowest BCUT2D eigenvalue weighted by molar-refractivity contribution is 0.103. The third kappa shape index (κ3) is 1.67. The fourth-order valence-corrected chi connectivity index (χ4v) is 3.06. The van der Waals surface area contributed by atoms with Gasteiger partial charge in [-0.1, -0.05) is 24.3 Å². The molecule has 0 bridgehead atoms. The summed E-state index contributed by atoms with van der Waals surface area (Å²) in [4.78, 5) is 13.2. The van der Waals surface area contributed by atoms with Crippen molar-refractivity contribution in [2.24, 2.45) is 0 Å². The predicted octanol–water partition coefficient (Wildman–Crippen LogP) is 3.66. The first-order valence-electron chi connectivity index (χ1n) is 5.31. The first-order chi connectivity index (χ1) is 8.27. The molecule has 0 atom stereocenters. The standard InChI is InChI=1S/C14H9FOS/c15-11-6-3-4-9-8-17-12-7-2-1-5-10(12)14(16)13(9)11/h1-7H,8H2. The Morgan fingerprint density at radius 2 is 1.88 bits per heavy atom. The van der Waals surface area contributed by atoms with Gasteiger partial charge < -0.3 is 0 Å². The monoisotopic (exact) mass is 244 g/mol. The van der Waals surface area contributed by atoms with Crippen molar-refractivity contribution < 1.29 is 9.18 Å². The summed E-state index contributed by atoms with van der Waals surface area (Å²) in [5.41, 5.74) is 1.60. The molecule has 1 heterocycles. The molecule has 2 aromatic rings. The summed E-state index contributed by atoms with van der Waals surface area (Å²) in [5.74, 6) is -0.000877. The molecule has 17 heavy (non-hydrogen) atoms. The van der Waals surface area contributed by atoms with Crippen LogP contribution in [-0.2, 0) is 5.75 Å². The van der Waals surface area contributed by atoms with Crippen LogP contribution in [-0.4, -0.2) is 5.78 Å². The molecule has 2 aromatic carbocycles. The molecule has 3 rings (SSSR count). The topological polar surface area (TPSA) is 17.1 Å². The van der Waals surface area contributed by atoms with E-state index < -0.39 is 5.82 Å². The Bertz CT molecular complexity index is 607. The molecule has 0 aromatic heterocycles. The van der Waals surface area contributed by atoms with Crippen LogP contribution in [0.15, 0.2) is 47.4 Å². The number of benzene rings is 2. The van der Waals surface area contributed by atoms with E-state index >= 15 is 0 Å². The highest BCUT2D eigenvalue weighted by molar-refractivity contribution is 7.98.